The van der Waals surface area contributed by atoms with Gasteiger partial charge in [0.15, 0.2) is 0 Å². The Kier molecular flexibility index (Phi) is 18.9. The molecule has 0 unspecified atom stereocenters. The summed E-state index contributed by atoms with van der Waals surface area (Å²) in [4.78, 5) is 102. The molecule has 7 N–H and O–H groups in total. The van der Waals surface area contributed by atoms with Crippen molar-refractivity contribution in [2.75, 3.05) is 6.54 Å². The van der Waals surface area contributed by atoms with Gasteiger partial charge in [0.2, 0.25) is 23.6 Å². The number of hydrazone groups is 1. The van der Waals surface area contributed by atoms with Crippen molar-refractivity contribution < 1.29 is 33.6 Å². The monoisotopic (exact) mass is 919 g/mol. The van der Waals surface area contributed by atoms with Gasteiger partial charge in [-0.3, -0.25) is 38.5 Å². The number of fused-ring (bicyclic) bond motifs is 2. The second kappa shape index (κ2) is 24.9. The number of aromatic nitrogens is 1. The van der Waals surface area contributed by atoms with Gasteiger partial charge >= 0.3 is 0 Å². The lowest BCUT2D eigenvalue weighted by atomic mass is 10.00. The van der Waals surface area contributed by atoms with E-state index in [1.165, 1.54) is 24.7 Å². The van der Waals surface area contributed by atoms with Crippen LogP contribution in [0, 0.1) is 11.8 Å². The topological polar surface area (TPSA) is 229 Å². The second-order valence-electron chi connectivity index (χ2n) is 17.1. The van der Waals surface area contributed by atoms with Crippen LogP contribution in [-0.4, -0.2) is 89.3 Å². The van der Waals surface area contributed by atoms with Crippen LogP contribution in [0.25, 0.3) is 0 Å². The zero-order chi connectivity index (χ0) is 47.6. The van der Waals surface area contributed by atoms with Gasteiger partial charge in [-0.15, -0.1) is 0 Å². The summed E-state index contributed by atoms with van der Waals surface area (Å²) in [6.07, 6.45) is 4.71. The molecule has 4 aromatic rings. The molecule has 2 heterocycles. The average molecular weight is 921 g/mol. The SMILES string of the molecule is CC(C)C[C@@H]1NC(=O)c2cncc(c2)C(=O)N[C@@H](CC(C)C)C(=O)N[C@@H](Cc2ccccc2)C(=O)N[C@H](C(=O)NN=Cc2ccc(Cl)cc2)CCCNC(=O)[C@H](Cc2ccccc2)NC1=O. The molecular formula is C49H58ClN9O7. The summed E-state index contributed by atoms with van der Waals surface area (Å²) in [7, 11) is 0. The van der Waals surface area contributed by atoms with Crippen LogP contribution in [0.2, 0.25) is 5.02 Å². The molecule has 7 amide bonds. The fourth-order valence-corrected chi connectivity index (χ4v) is 7.35. The van der Waals surface area contributed by atoms with Crippen molar-refractivity contribution in [3.63, 3.8) is 0 Å². The zero-order valence-corrected chi connectivity index (χ0v) is 38.3. The highest BCUT2D eigenvalue weighted by Gasteiger charge is 2.32. The Morgan fingerprint density at radius 3 is 1.65 bits per heavy atom. The Balaban J connectivity index is 1.50. The molecule has 17 heteroatoms. The van der Waals surface area contributed by atoms with E-state index in [1.807, 2.05) is 64.1 Å². The number of carbonyl (C=O) groups is 7. The first-order valence-electron chi connectivity index (χ1n) is 22.1. The third-order valence-corrected chi connectivity index (χ3v) is 10.9. The molecule has 0 spiro atoms. The first kappa shape index (κ1) is 50.1. The first-order valence-corrected chi connectivity index (χ1v) is 22.4. The molecule has 2 bridgehead atoms. The van der Waals surface area contributed by atoms with Crippen molar-refractivity contribution in [1.29, 1.82) is 0 Å². The van der Waals surface area contributed by atoms with Crippen LogP contribution in [0.4, 0.5) is 0 Å². The van der Waals surface area contributed by atoms with E-state index in [2.05, 4.69) is 47.4 Å². The lowest BCUT2D eigenvalue weighted by molar-refractivity contribution is -0.132. The van der Waals surface area contributed by atoms with Gasteiger partial charge in [0, 0.05) is 36.8 Å². The predicted octanol–water partition coefficient (Wildman–Crippen LogP) is 4.02. The molecule has 5 rings (SSSR count). The maximum absolute atomic E-state index is 14.3. The minimum atomic E-state index is -1.21. The van der Waals surface area contributed by atoms with E-state index >= 15 is 0 Å². The predicted molar refractivity (Wildman–Crippen MR) is 251 cm³/mol. The molecule has 5 atom stereocenters. The van der Waals surface area contributed by atoms with Gasteiger partial charge in [-0.25, -0.2) is 5.43 Å². The molecule has 1 aromatic heterocycles. The van der Waals surface area contributed by atoms with E-state index in [-0.39, 0.29) is 68.0 Å². The van der Waals surface area contributed by atoms with Crippen LogP contribution in [0.15, 0.2) is 108 Å². The first-order chi connectivity index (χ1) is 31.6. The molecule has 1 aliphatic rings. The lowest BCUT2D eigenvalue weighted by Gasteiger charge is -2.26. The Morgan fingerprint density at radius 1 is 0.667 bits per heavy atom. The Bertz CT molecular complexity index is 2330. The van der Waals surface area contributed by atoms with Gasteiger partial charge in [-0.1, -0.05) is 112 Å². The number of halogens is 1. The van der Waals surface area contributed by atoms with E-state index in [1.54, 1.807) is 48.5 Å². The van der Waals surface area contributed by atoms with Crippen molar-refractivity contribution >= 4 is 59.2 Å². The van der Waals surface area contributed by atoms with Crippen molar-refractivity contribution in [2.24, 2.45) is 16.9 Å². The van der Waals surface area contributed by atoms with E-state index in [4.69, 9.17) is 11.6 Å². The Hall–Kier alpha value is -6.94. The number of carbonyl (C=O) groups excluding carboxylic acids is 7. The highest BCUT2D eigenvalue weighted by Crippen LogP contribution is 2.14. The van der Waals surface area contributed by atoms with E-state index in [0.717, 1.165) is 5.56 Å². The summed E-state index contributed by atoms with van der Waals surface area (Å²) >= 11 is 6.02. The molecule has 66 heavy (non-hydrogen) atoms. The van der Waals surface area contributed by atoms with Gasteiger partial charge in [0.25, 0.3) is 17.7 Å². The van der Waals surface area contributed by atoms with Crippen LogP contribution in [0.3, 0.4) is 0 Å². The third kappa shape index (κ3) is 15.9. The smallest absolute Gasteiger partial charge is 0.262 e. The number of hydrogen-bond acceptors (Lipinski definition) is 9. The number of hydrogen-bond donors (Lipinski definition) is 7. The number of nitrogens with one attached hydrogen (secondary N) is 7. The van der Waals surface area contributed by atoms with Crippen LogP contribution >= 0.6 is 11.6 Å². The zero-order valence-electron chi connectivity index (χ0n) is 37.5. The molecule has 3 aromatic carbocycles. The maximum Gasteiger partial charge on any atom is 0.262 e. The van der Waals surface area contributed by atoms with Gasteiger partial charge in [0.1, 0.15) is 30.2 Å². The molecule has 0 saturated heterocycles. The summed E-state index contributed by atoms with van der Waals surface area (Å²) in [5, 5.41) is 21.5. The molecule has 0 saturated carbocycles. The van der Waals surface area contributed by atoms with Gasteiger partial charge < -0.3 is 31.9 Å². The highest BCUT2D eigenvalue weighted by atomic mass is 35.5. The maximum atomic E-state index is 14.3. The molecule has 1 aliphatic heterocycles. The fraction of sp³-hybridized carbons (Fsp3) is 0.367. The van der Waals surface area contributed by atoms with Crippen molar-refractivity contribution in [1.82, 2.24) is 42.3 Å². The Morgan fingerprint density at radius 2 is 1.15 bits per heavy atom. The van der Waals surface area contributed by atoms with Crippen LogP contribution < -0.4 is 37.3 Å². The molecular weight excluding hydrogens is 862 g/mol. The molecule has 0 radical (unpaired) electrons. The fourth-order valence-electron chi connectivity index (χ4n) is 7.22. The summed E-state index contributed by atoms with van der Waals surface area (Å²) in [5.74, 6) is -4.63. The van der Waals surface area contributed by atoms with Crippen molar-refractivity contribution in [3.8, 4) is 0 Å². The molecule has 16 nitrogen and oxygen atoms in total. The highest BCUT2D eigenvalue weighted by molar-refractivity contribution is 6.30. The summed E-state index contributed by atoms with van der Waals surface area (Å²) < 4.78 is 0. The standard InChI is InChI=1S/C49H58ClN9O7/c1-30(2)22-39-46(63)57-41(24-32-12-7-5-8-13-32)45(62)52-21-11-16-38(49(66)59-53-27-34-17-19-37(50)20-18-34)54-48(65)42(25-33-14-9-6-10-15-33)58-47(64)40(23-31(3)4)56-44(61)36-26-35(28-51-29-36)43(60)55-39/h5-10,12-15,17-20,26-31,38-42H,11,16,21-25H2,1-4H3,(H,52,62)(H,54,65)(H,55,60)(H,56,61)(H,57,63)(H,58,64)(H,59,66)/t38-,39-,40-,41-,42-/m0/s1. The number of amides is 7. The second-order valence-corrected chi connectivity index (χ2v) is 17.5. The summed E-state index contributed by atoms with van der Waals surface area (Å²) in [6.45, 7) is 7.57. The van der Waals surface area contributed by atoms with Crippen LogP contribution in [0.1, 0.15) is 90.8 Å². The minimum Gasteiger partial charge on any atom is -0.354 e. The normalized spacial score (nSPS) is 20.7. The number of benzene rings is 3. The third-order valence-electron chi connectivity index (χ3n) is 10.6. The number of nitrogens with zero attached hydrogens (tertiary/aromatic N) is 2. The molecule has 0 aliphatic carbocycles. The lowest BCUT2D eigenvalue weighted by Crippen LogP contribution is -2.57. The average Bonchev–Trinajstić information content (AvgIpc) is 3.29. The van der Waals surface area contributed by atoms with Gasteiger partial charge in [-0.2, -0.15) is 5.10 Å². The van der Waals surface area contributed by atoms with E-state index in [0.29, 0.717) is 16.1 Å². The van der Waals surface area contributed by atoms with Crippen molar-refractivity contribution in [3.05, 3.63) is 136 Å². The largest absolute Gasteiger partial charge is 0.354 e. The summed E-state index contributed by atoms with van der Waals surface area (Å²) in [5.41, 5.74) is 4.58. The molecule has 0 fully saturated rings. The number of pyridine rings is 1. The van der Waals surface area contributed by atoms with Gasteiger partial charge in [-0.05, 0) is 72.4 Å². The quantitative estimate of drug-likeness (QED) is 0.0857. The van der Waals surface area contributed by atoms with Crippen molar-refractivity contribution in [2.45, 2.75) is 96.4 Å². The number of rotatable bonds is 11. The van der Waals surface area contributed by atoms with Crippen LogP contribution in [-0.2, 0) is 36.8 Å². The van der Waals surface area contributed by atoms with E-state index < -0.39 is 71.6 Å². The Labute approximate surface area is 389 Å². The van der Waals surface area contributed by atoms with Crippen LogP contribution in [0.5, 0.6) is 0 Å². The van der Waals surface area contributed by atoms with E-state index in [9.17, 15) is 33.6 Å². The minimum absolute atomic E-state index is 0.0140. The summed E-state index contributed by atoms with van der Waals surface area (Å²) in [6, 6.07) is 20.5. The molecule has 348 valence electrons. The van der Waals surface area contributed by atoms with Gasteiger partial charge in [0.05, 0.1) is 17.3 Å².